The summed E-state index contributed by atoms with van der Waals surface area (Å²) < 4.78 is 19.5. The maximum atomic E-state index is 13.9. The van der Waals surface area contributed by atoms with Gasteiger partial charge in [-0.2, -0.15) is 0 Å². The van der Waals surface area contributed by atoms with Gasteiger partial charge < -0.3 is 20.4 Å². The number of nitrogens with one attached hydrogen (secondary N) is 1. The lowest BCUT2D eigenvalue weighted by molar-refractivity contribution is -0.116. The molecule has 0 bridgehead atoms. The summed E-state index contributed by atoms with van der Waals surface area (Å²) in [5, 5.41) is 2.70. The van der Waals surface area contributed by atoms with Crippen molar-refractivity contribution in [2.24, 2.45) is 5.73 Å². The van der Waals surface area contributed by atoms with Gasteiger partial charge in [-0.05, 0) is 55.5 Å². The molecule has 0 aliphatic carbocycles. The van der Waals surface area contributed by atoms with Crippen molar-refractivity contribution in [3.63, 3.8) is 0 Å². The predicted molar refractivity (Wildman–Crippen MR) is 114 cm³/mol. The van der Waals surface area contributed by atoms with Crippen molar-refractivity contribution >= 4 is 23.4 Å². The Hall–Kier alpha value is -3.94. The first-order valence-corrected chi connectivity index (χ1v) is 9.72. The van der Waals surface area contributed by atoms with Gasteiger partial charge >= 0.3 is 0 Å². The minimum Gasteiger partial charge on any atom is -0.451 e. The van der Waals surface area contributed by atoms with Gasteiger partial charge in [-0.25, -0.2) is 4.39 Å². The van der Waals surface area contributed by atoms with Crippen LogP contribution in [-0.2, 0) is 4.79 Å². The molecule has 7 nitrogen and oxygen atoms in total. The van der Waals surface area contributed by atoms with Crippen molar-refractivity contribution < 1.29 is 23.2 Å². The van der Waals surface area contributed by atoms with E-state index in [0.717, 1.165) is 0 Å². The average Bonchev–Trinajstić information content (AvgIpc) is 3.24. The molecular formula is C23H22FN3O4. The fourth-order valence-corrected chi connectivity index (χ4v) is 3.00. The predicted octanol–water partition coefficient (Wildman–Crippen LogP) is 3.68. The number of rotatable bonds is 8. The summed E-state index contributed by atoms with van der Waals surface area (Å²) in [5.74, 6) is -1.33. The monoisotopic (exact) mass is 423 g/mol. The van der Waals surface area contributed by atoms with Gasteiger partial charge in [0, 0.05) is 30.8 Å². The van der Waals surface area contributed by atoms with E-state index in [1.807, 2.05) is 0 Å². The molecule has 31 heavy (non-hydrogen) atoms. The highest BCUT2D eigenvalue weighted by atomic mass is 19.1. The fourth-order valence-electron chi connectivity index (χ4n) is 3.00. The van der Waals surface area contributed by atoms with Gasteiger partial charge in [0.25, 0.3) is 5.91 Å². The second-order valence-corrected chi connectivity index (χ2v) is 6.77. The fraction of sp³-hybridized carbons (Fsp3) is 0.174. The van der Waals surface area contributed by atoms with Gasteiger partial charge in [-0.15, -0.1) is 0 Å². The standard InChI is InChI=1S/C23H22FN3O4/c1-2-27(14-13-21(28)26-16-9-7-15(8-10-16)22(25)29)23(30)20-12-11-19(31-20)17-5-3-4-6-18(17)24/h3-12H,2,13-14H2,1H3,(H2,25,29)(H,26,28). The van der Waals surface area contributed by atoms with E-state index in [0.29, 0.717) is 17.8 Å². The van der Waals surface area contributed by atoms with Crippen molar-refractivity contribution in [1.29, 1.82) is 0 Å². The first-order valence-electron chi connectivity index (χ1n) is 9.72. The number of furan rings is 1. The highest BCUT2D eigenvalue weighted by Gasteiger charge is 2.20. The molecule has 0 unspecified atom stereocenters. The Bertz CT molecular complexity index is 1090. The van der Waals surface area contributed by atoms with E-state index in [1.54, 1.807) is 43.3 Å². The second kappa shape index (κ2) is 9.71. The molecule has 0 atom stereocenters. The summed E-state index contributed by atoms with van der Waals surface area (Å²) in [5.41, 5.74) is 6.32. The molecule has 1 heterocycles. The maximum absolute atomic E-state index is 13.9. The third kappa shape index (κ3) is 5.36. The van der Waals surface area contributed by atoms with Gasteiger partial charge in [0.05, 0.1) is 5.56 Å². The number of primary amides is 1. The van der Waals surface area contributed by atoms with Crippen molar-refractivity contribution in [2.75, 3.05) is 18.4 Å². The minimum atomic E-state index is -0.550. The zero-order valence-corrected chi connectivity index (χ0v) is 16.9. The van der Waals surface area contributed by atoms with E-state index in [2.05, 4.69) is 5.32 Å². The summed E-state index contributed by atoms with van der Waals surface area (Å²) in [4.78, 5) is 37.5. The minimum absolute atomic E-state index is 0.0675. The topological polar surface area (TPSA) is 106 Å². The summed E-state index contributed by atoms with van der Waals surface area (Å²) in [7, 11) is 0. The van der Waals surface area contributed by atoms with Gasteiger partial charge in [0.15, 0.2) is 5.76 Å². The number of halogens is 1. The SMILES string of the molecule is CCN(CCC(=O)Nc1ccc(C(N)=O)cc1)C(=O)c1ccc(-c2ccccc2F)o1. The second-order valence-electron chi connectivity index (χ2n) is 6.77. The molecule has 0 fully saturated rings. The van der Waals surface area contributed by atoms with Gasteiger partial charge in [0.2, 0.25) is 11.8 Å². The molecule has 0 spiro atoms. The van der Waals surface area contributed by atoms with Crippen molar-refractivity contribution in [1.82, 2.24) is 4.90 Å². The lowest BCUT2D eigenvalue weighted by Gasteiger charge is -2.19. The largest absolute Gasteiger partial charge is 0.451 e. The Balaban J connectivity index is 1.59. The summed E-state index contributed by atoms with van der Waals surface area (Å²) in [6.07, 6.45) is 0.0675. The molecule has 0 aliphatic rings. The van der Waals surface area contributed by atoms with Crippen LogP contribution in [0, 0.1) is 5.82 Å². The van der Waals surface area contributed by atoms with Crippen LogP contribution in [0.1, 0.15) is 34.3 Å². The Morgan fingerprint density at radius 2 is 1.74 bits per heavy atom. The van der Waals surface area contributed by atoms with E-state index >= 15 is 0 Å². The van der Waals surface area contributed by atoms with Crippen molar-refractivity contribution in [3.05, 3.63) is 77.8 Å². The average molecular weight is 423 g/mol. The van der Waals surface area contributed by atoms with Crippen LogP contribution in [0.2, 0.25) is 0 Å². The molecule has 2 aromatic carbocycles. The van der Waals surface area contributed by atoms with Crippen LogP contribution in [0.25, 0.3) is 11.3 Å². The summed E-state index contributed by atoms with van der Waals surface area (Å²) >= 11 is 0. The van der Waals surface area contributed by atoms with E-state index in [-0.39, 0.29) is 41.9 Å². The molecule has 0 aliphatic heterocycles. The molecule has 3 aromatic rings. The number of nitrogens with zero attached hydrogens (tertiary/aromatic N) is 1. The van der Waals surface area contributed by atoms with E-state index in [4.69, 9.17) is 10.2 Å². The normalized spacial score (nSPS) is 10.5. The van der Waals surface area contributed by atoms with Crippen molar-refractivity contribution in [2.45, 2.75) is 13.3 Å². The molecule has 3 N–H and O–H groups in total. The lowest BCUT2D eigenvalue weighted by Crippen LogP contribution is -2.33. The molecule has 3 amide bonds. The summed E-state index contributed by atoms with van der Waals surface area (Å²) in [6.45, 7) is 2.34. The molecule has 1 aromatic heterocycles. The number of anilines is 1. The highest BCUT2D eigenvalue weighted by molar-refractivity contribution is 5.95. The molecule has 3 rings (SSSR count). The Labute approximate surface area is 178 Å². The zero-order chi connectivity index (χ0) is 22.4. The Morgan fingerprint density at radius 1 is 1.03 bits per heavy atom. The van der Waals surface area contributed by atoms with Gasteiger partial charge in [-0.1, -0.05) is 12.1 Å². The number of carbonyl (C=O) groups is 3. The molecular weight excluding hydrogens is 401 g/mol. The molecule has 8 heteroatoms. The van der Waals surface area contributed by atoms with Crippen LogP contribution >= 0.6 is 0 Å². The first kappa shape index (κ1) is 21.8. The van der Waals surface area contributed by atoms with Crippen LogP contribution in [0.15, 0.2) is 65.1 Å². The number of hydrogen-bond donors (Lipinski definition) is 2. The maximum Gasteiger partial charge on any atom is 0.289 e. The molecule has 0 saturated heterocycles. The summed E-state index contributed by atoms with van der Waals surface area (Å²) in [6, 6.07) is 15.4. The highest BCUT2D eigenvalue weighted by Crippen LogP contribution is 2.25. The van der Waals surface area contributed by atoms with E-state index < -0.39 is 11.7 Å². The zero-order valence-electron chi connectivity index (χ0n) is 16.9. The molecule has 160 valence electrons. The van der Waals surface area contributed by atoms with Crippen LogP contribution in [0.3, 0.4) is 0 Å². The third-order valence-electron chi connectivity index (χ3n) is 4.69. The van der Waals surface area contributed by atoms with Crippen LogP contribution < -0.4 is 11.1 Å². The van der Waals surface area contributed by atoms with E-state index in [1.165, 1.54) is 29.2 Å². The van der Waals surface area contributed by atoms with Crippen LogP contribution in [-0.4, -0.2) is 35.7 Å². The number of carbonyl (C=O) groups excluding carboxylic acids is 3. The van der Waals surface area contributed by atoms with Gasteiger partial charge in [0.1, 0.15) is 11.6 Å². The first-order chi connectivity index (χ1) is 14.9. The lowest BCUT2D eigenvalue weighted by atomic mass is 10.1. The number of amides is 3. The number of benzene rings is 2. The Morgan fingerprint density at radius 3 is 2.39 bits per heavy atom. The number of hydrogen-bond acceptors (Lipinski definition) is 4. The van der Waals surface area contributed by atoms with Crippen LogP contribution in [0.4, 0.5) is 10.1 Å². The van der Waals surface area contributed by atoms with Crippen LogP contribution in [0.5, 0.6) is 0 Å². The van der Waals surface area contributed by atoms with Crippen molar-refractivity contribution in [3.8, 4) is 11.3 Å². The van der Waals surface area contributed by atoms with E-state index in [9.17, 15) is 18.8 Å². The third-order valence-corrected chi connectivity index (χ3v) is 4.69. The smallest absolute Gasteiger partial charge is 0.289 e. The number of nitrogens with two attached hydrogens (primary N) is 1. The van der Waals surface area contributed by atoms with Gasteiger partial charge in [-0.3, -0.25) is 14.4 Å². The Kier molecular flexibility index (Phi) is 6.81. The molecule has 0 radical (unpaired) electrons. The molecule has 0 saturated carbocycles. The quantitative estimate of drug-likeness (QED) is 0.576.